The molecule has 2 aliphatic rings. The Labute approximate surface area is 228 Å². The fourth-order valence-electron chi connectivity index (χ4n) is 4.48. The van der Waals surface area contributed by atoms with Crippen LogP contribution in [0.2, 0.25) is 5.02 Å². The molecule has 2 aromatic rings. The molecule has 196 valence electrons. The fourth-order valence-corrected chi connectivity index (χ4v) is 6.05. The molecule has 0 atom stereocenters. The van der Waals surface area contributed by atoms with Gasteiger partial charge in [-0.3, -0.25) is 4.90 Å². The minimum Gasteiger partial charge on any atom is -0.301 e. The lowest BCUT2D eigenvalue weighted by atomic mass is 9.99. The predicted octanol–water partition coefficient (Wildman–Crippen LogP) is 5.61. The van der Waals surface area contributed by atoms with Crippen LogP contribution in [0.1, 0.15) is 44.1 Å². The zero-order chi connectivity index (χ0) is 23.1. The number of piperazine rings is 1. The number of halogens is 3. The first-order chi connectivity index (χ1) is 16.0. The number of nitrogens with zero attached hydrogens (tertiary/aromatic N) is 2. The molecule has 0 bridgehead atoms. The lowest BCUT2D eigenvalue weighted by Gasteiger charge is -2.35. The summed E-state index contributed by atoms with van der Waals surface area (Å²) in [4.78, 5) is 5.09. The van der Waals surface area contributed by atoms with Crippen molar-refractivity contribution >= 4 is 46.4 Å². The van der Waals surface area contributed by atoms with E-state index in [2.05, 4.69) is 50.9 Å². The molecule has 1 N–H and O–H groups in total. The predicted molar refractivity (Wildman–Crippen MR) is 152 cm³/mol. The Morgan fingerprint density at radius 2 is 1.46 bits per heavy atom. The Balaban J connectivity index is 0.00000216. The summed E-state index contributed by atoms with van der Waals surface area (Å²) in [5.41, 5.74) is 3.86. The lowest BCUT2D eigenvalue weighted by Crippen LogP contribution is -2.46. The largest absolute Gasteiger partial charge is 0.301 e. The van der Waals surface area contributed by atoms with Crippen molar-refractivity contribution < 1.29 is 8.42 Å². The number of hydrogen-bond acceptors (Lipinski definition) is 4. The molecule has 35 heavy (non-hydrogen) atoms. The van der Waals surface area contributed by atoms with E-state index < -0.39 is 10.0 Å². The second-order valence-corrected chi connectivity index (χ2v) is 11.7. The van der Waals surface area contributed by atoms with Crippen molar-refractivity contribution in [1.82, 2.24) is 14.5 Å². The van der Waals surface area contributed by atoms with Crippen molar-refractivity contribution in [2.24, 2.45) is 0 Å². The Hall–Kier alpha value is -0.860. The molecule has 1 heterocycles. The third-order valence-electron chi connectivity index (χ3n) is 6.59. The van der Waals surface area contributed by atoms with Crippen LogP contribution in [0.3, 0.4) is 0 Å². The fraction of sp³-hybridized carbons (Fsp3) is 0.538. The summed E-state index contributed by atoms with van der Waals surface area (Å²) >= 11 is 6.07. The van der Waals surface area contributed by atoms with Crippen LogP contribution >= 0.6 is 36.4 Å². The van der Waals surface area contributed by atoms with Gasteiger partial charge in [-0.1, -0.05) is 60.8 Å². The molecule has 1 aliphatic carbocycles. The summed E-state index contributed by atoms with van der Waals surface area (Å²) < 4.78 is 26.6. The van der Waals surface area contributed by atoms with Crippen molar-refractivity contribution in [3.63, 3.8) is 0 Å². The van der Waals surface area contributed by atoms with E-state index >= 15 is 0 Å². The number of hydrogen-bond donors (Lipinski definition) is 1. The van der Waals surface area contributed by atoms with Gasteiger partial charge < -0.3 is 4.90 Å². The van der Waals surface area contributed by atoms with Crippen LogP contribution in [0.4, 0.5) is 0 Å². The Morgan fingerprint density at radius 3 is 2.14 bits per heavy atom. The molecule has 1 aliphatic heterocycles. The van der Waals surface area contributed by atoms with Gasteiger partial charge in [0, 0.05) is 43.8 Å². The highest BCUT2D eigenvalue weighted by Gasteiger charge is 2.26. The van der Waals surface area contributed by atoms with Crippen LogP contribution in [0.5, 0.6) is 0 Å². The standard InChI is InChI=1S/C26H36ClN3O2S.2ClH/c27-24-11-9-22(10-12-24)26-8-4-3-7-23(26)21-30-18-16-29(17-19-30)15-5-1-2-6-20-33(31,32)28-25-13-14-25;;/h3-4,7-12,25,28H,1-2,5-6,13-21H2;2*1H. The number of benzene rings is 2. The van der Waals surface area contributed by atoms with Crippen LogP contribution in [-0.2, 0) is 16.6 Å². The lowest BCUT2D eigenvalue weighted by molar-refractivity contribution is 0.125. The van der Waals surface area contributed by atoms with E-state index in [9.17, 15) is 8.42 Å². The van der Waals surface area contributed by atoms with E-state index in [0.29, 0.717) is 0 Å². The van der Waals surface area contributed by atoms with E-state index in [0.717, 1.165) is 82.8 Å². The summed E-state index contributed by atoms with van der Waals surface area (Å²) in [6.07, 6.45) is 6.02. The van der Waals surface area contributed by atoms with Gasteiger partial charge in [-0.25, -0.2) is 13.1 Å². The Kier molecular flexibility index (Phi) is 12.8. The van der Waals surface area contributed by atoms with E-state index in [1.807, 2.05) is 12.1 Å². The minimum absolute atomic E-state index is 0. The molecule has 2 aromatic carbocycles. The van der Waals surface area contributed by atoms with Gasteiger partial charge in [0.2, 0.25) is 10.0 Å². The van der Waals surface area contributed by atoms with E-state index in [-0.39, 0.29) is 36.6 Å². The average Bonchev–Trinajstić information content (AvgIpc) is 3.61. The monoisotopic (exact) mass is 561 g/mol. The SMILES string of the molecule is Cl.Cl.O=S(=O)(CCCCCCN1CCN(Cc2ccccc2-c2ccc(Cl)cc2)CC1)NC1CC1. The quantitative estimate of drug-likeness (QED) is 0.342. The third-order valence-corrected chi connectivity index (χ3v) is 8.36. The van der Waals surface area contributed by atoms with Crippen LogP contribution in [0.15, 0.2) is 48.5 Å². The second-order valence-electron chi connectivity index (χ2n) is 9.41. The summed E-state index contributed by atoms with van der Waals surface area (Å²) in [6, 6.07) is 17.0. The molecule has 1 saturated heterocycles. The first kappa shape index (κ1) is 30.4. The van der Waals surface area contributed by atoms with Gasteiger partial charge in [-0.15, -0.1) is 24.8 Å². The van der Waals surface area contributed by atoms with Gasteiger partial charge >= 0.3 is 0 Å². The van der Waals surface area contributed by atoms with Crippen molar-refractivity contribution in [2.75, 3.05) is 38.5 Å². The maximum absolute atomic E-state index is 11.9. The first-order valence-electron chi connectivity index (χ1n) is 12.3. The highest BCUT2D eigenvalue weighted by molar-refractivity contribution is 7.89. The van der Waals surface area contributed by atoms with E-state index in [4.69, 9.17) is 11.6 Å². The first-order valence-corrected chi connectivity index (χ1v) is 14.3. The molecular formula is C26H38Cl3N3O2S. The number of unbranched alkanes of at least 4 members (excludes halogenated alkanes) is 3. The molecular weight excluding hydrogens is 525 g/mol. The van der Waals surface area contributed by atoms with Gasteiger partial charge in [0.15, 0.2) is 0 Å². The smallest absolute Gasteiger partial charge is 0.211 e. The second kappa shape index (κ2) is 14.8. The zero-order valence-corrected chi connectivity index (χ0v) is 23.4. The van der Waals surface area contributed by atoms with Gasteiger partial charge in [0.1, 0.15) is 0 Å². The summed E-state index contributed by atoms with van der Waals surface area (Å²) in [5, 5.41) is 0.767. The van der Waals surface area contributed by atoms with Gasteiger partial charge in [0.25, 0.3) is 0 Å². The normalized spacial score (nSPS) is 16.9. The van der Waals surface area contributed by atoms with Crippen LogP contribution in [0.25, 0.3) is 11.1 Å². The number of nitrogens with one attached hydrogen (secondary N) is 1. The highest BCUT2D eigenvalue weighted by Crippen LogP contribution is 2.26. The van der Waals surface area contributed by atoms with Gasteiger partial charge in [0.05, 0.1) is 5.75 Å². The molecule has 0 radical (unpaired) electrons. The molecule has 4 rings (SSSR count). The van der Waals surface area contributed by atoms with Crippen LogP contribution in [0, 0.1) is 0 Å². The van der Waals surface area contributed by atoms with Crippen LogP contribution < -0.4 is 4.72 Å². The third kappa shape index (κ3) is 10.2. The maximum Gasteiger partial charge on any atom is 0.211 e. The van der Waals surface area contributed by atoms with Crippen molar-refractivity contribution in [3.8, 4) is 11.1 Å². The van der Waals surface area contributed by atoms with Gasteiger partial charge in [-0.05, 0) is 61.1 Å². The van der Waals surface area contributed by atoms with Gasteiger partial charge in [-0.2, -0.15) is 0 Å². The molecule has 0 unspecified atom stereocenters. The Morgan fingerprint density at radius 1 is 0.829 bits per heavy atom. The molecule has 1 saturated carbocycles. The molecule has 2 fully saturated rings. The van der Waals surface area contributed by atoms with Crippen molar-refractivity contribution in [1.29, 1.82) is 0 Å². The summed E-state index contributed by atoms with van der Waals surface area (Å²) in [5.74, 6) is 0.277. The molecule has 0 spiro atoms. The molecule has 0 amide bonds. The van der Waals surface area contributed by atoms with E-state index in [1.165, 1.54) is 16.7 Å². The number of rotatable bonds is 12. The maximum atomic E-state index is 11.9. The molecule has 9 heteroatoms. The zero-order valence-electron chi connectivity index (χ0n) is 20.2. The number of sulfonamides is 1. The van der Waals surface area contributed by atoms with E-state index in [1.54, 1.807) is 0 Å². The molecule has 5 nitrogen and oxygen atoms in total. The van der Waals surface area contributed by atoms with Crippen LogP contribution in [-0.4, -0.2) is 62.7 Å². The Bertz CT molecular complexity index is 993. The summed E-state index contributed by atoms with van der Waals surface area (Å²) in [6.45, 7) is 6.45. The van der Waals surface area contributed by atoms with Crippen molar-refractivity contribution in [3.05, 3.63) is 59.1 Å². The van der Waals surface area contributed by atoms with Crippen molar-refractivity contribution in [2.45, 2.75) is 51.1 Å². The average molecular weight is 563 g/mol. The highest BCUT2D eigenvalue weighted by atomic mass is 35.5. The summed E-state index contributed by atoms with van der Waals surface area (Å²) in [7, 11) is -3.05. The molecule has 0 aromatic heterocycles. The minimum atomic E-state index is -3.05. The topological polar surface area (TPSA) is 52.7 Å².